The molecule has 0 radical (unpaired) electrons. The molecule has 2 heteroatoms. The van der Waals surface area contributed by atoms with Crippen LogP contribution in [0.4, 0.5) is 0 Å². The fourth-order valence-electron chi connectivity index (χ4n) is 2.27. The van der Waals surface area contributed by atoms with E-state index in [1.165, 1.54) is 31.5 Å². The zero-order valence-electron chi connectivity index (χ0n) is 9.45. The first-order valence-corrected chi connectivity index (χ1v) is 5.84. The first-order chi connectivity index (χ1) is 7.40. The van der Waals surface area contributed by atoms with E-state index in [4.69, 9.17) is 0 Å². The van der Waals surface area contributed by atoms with Crippen LogP contribution in [0.2, 0.25) is 0 Å². The van der Waals surface area contributed by atoms with Gasteiger partial charge in [0.15, 0.2) is 0 Å². The molecule has 1 aromatic rings. The van der Waals surface area contributed by atoms with Crippen molar-refractivity contribution in [3.63, 3.8) is 0 Å². The summed E-state index contributed by atoms with van der Waals surface area (Å²) in [6.07, 6.45) is 2.73. The molecule has 82 valence electrons. The van der Waals surface area contributed by atoms with Crippen LogP contribution in [0.15, 0.2) is 30.3 Å². The molecule has 1 aromatic carbocycles. The number of likely N-dealkylation sites (tertiary alicyclic amines) is 1. The number of likely N-dealkylation sites (N-methyl/N-ethyl adjacent to an activating group) is 1. The Balaban J connectivity index is 1.97. The topological polar surface area (TPSA) is 15.3 Å². The number of benzene rings is 1. The van der Waals surface area contributed by atoms with Crippen LogP contribution < -0.4 is 5.32 Å². The Hall–Kier alpha value is -0.860. The molecule has 1 fully saturated rings. The van der Waals surface area contributed by atoms with Crippen LogP contribution in [0.25, 0.3) is 0 Å². The molecule has 1 aliphatic heterocycles. The van der Waals surface area contributed by atoms with Crippen molar-refractivity contribution < 1.29 is 0 Å². The molecule has 2 nitrogen and oxygen atoms in total. The summed E-state index contributed by atoms with van der Waals surface area (Å²) in [6.45, 7) is 3.68. The first kappa shape index (κ1) is 10.7. The molecule has 15 heavy (non-hydrogen) atoms. The Morgan fingerprint density at radius 2 is 1.87 bits per heavy atom. The van der Waals surface area contributed by atoms with Gasteiger partial charge in [0, 0.05) is 12.6 Å². The SMILES string of the molecule is CN[C@@H](CN1CCCC1)c1ccccc1. The summed E-state index contributed by atoms with van der Waals surface area (Å²) >= 11 is 0. The average Bonchev–Trinajstić information content (AvgIpc) is 2.80. The summed E-state index contributed by atoms with van der Waals surface area (Å²) in [4.78, 5) is 2.55. The van der Waals surface area contributed by atoms with Gasteiger partial charge in [0.2, 0.25) is 0 Å². The summed E-state index contributed by atoms with van der Waals surface area (Å²) in [5.74, 6) is 0. The van der Waals surface area contributed by atoms with Gasteiger partial charge in [-0.3, -0.25) is 0 Å². The predicted molar refractivity (Wildman–Crippen MR) is 63.9 cm³/mol. The van der Waals surface area contributed by atoms with Gasteiger partial charge in [0.05, 0.1) is 0 Å². The summed E-state index contributed by atoms with van der Waals surface area (Å²) in [5.41, 5.74) is 1.40. The maximum absolute atomic E-state index is 3.40. The third-order valence-corrected chi connectivity index (χ3v) is 3.19. The van der Waals surface area contributed by atoms with Gasteiger partial charge in [-0.05, 0) is 38.5 Å². The lowest BCUT2D eigenvalue weighted by atomic mass is 10.1. The Morgan fingerprint density at radius 1 is 1.20 bits per heavy atom. The Labute approximate surface area is 92.3 Å². The van der Waals surface area contributed by atoms with E-state index in [1.807, 2.05) is 7.05 Å². The highest BCUT2D eigenvalue weighted by molar-refractivity contribution is 5.19. The Bertz CT molecular complexity index is 278. The molecular formula is C13H20N2. The van der Waals surface area contributed by atoms with E-state index in [9.17, 15) is 0 Å². The van der Waals surface area contributed by atoms with Gasteiger partial charge >= 0.3 is 0 Å². The molecule has 1 aliphatic rings. The molecule has 0 unspecified atom stereocenters. The quantitative estimate of drug-likeness (QED) is 0.807. The van der Waals surface area contributed by atoms with Gasteiger partial charge in [-0.2, -0.15) is 0 Å². The minimum atomic E-state index is 0.476. The molecular weight excluding hydrogens is 184 g/mol. The van der Waals surface area contributed by atoms with Crippen LogP contribution >= 0.6 is 0 Å². The second-order valence-electron chi connectivity index (χ2n) is 4.26. The van der Waals surface area contributed by atoms with Crippen molar-refractivity contribution in [2.45, 2.75) is 18.9 Å². The lowest BCUT2D eigenvalue weighted by molar-refractivity contribution is 0.299. The zero-order valence-corrected chi connectivity index (χ0v) is 9.45. The Kier molecular flexibility index (Phi) is 3.75. The minimum Gasteiger partial charge on any atom is -0.312 e. The van der Waals surface area contributed by atoms with E-state index in [0.29, 0.717) is 6.04 Å². The van der Waals surface area contributed by atoms with Crippen molar-refractivity contribution in [3.05, 3.63) is 35.9 Å². The van der Waals surface area contributed by atoms with E-state index in [-0.39, 0.29) is 0 Å². The summed E-state index contributed by atoms with van der Waals surface area (Å²) in [5, 5.41) is 3.40. The smallest absolute Gasteiger partial charge is 0.0446 e. The standard InChI is InChI=1S/C13H20N2/c1-14-13(11-15-9-5-6-10-15)12-7-3-2-4-8-12/h2-4,7-8,13-14H,5-6,9-11H2,1H3/t13-/m0/s1. The Morgan fingerprint density at radius 3 is 2.47 bits per heavy atom. The summed E-state index contributed by atoms with van der Waals surface area (Å²) in [6, 6.07) is 11.2. The number of hydrogen-bond acceptors (Lipinski definition) is 2. The van der Waals surface area contributed by atoms with Crippen molar-refractivity contribution in [1.29, 1.82) is 0 Å². The molecule has 0 bridgehead atoms. The van der Waals surface area contributed by atoms with Crippen LogP contribution in [-0.4, -0.2) is 31.6 Å². The van der Waals surface area contributed by atoms with Gasteiger partial charge in [-0.15, -0.1) is 0 Å². The largest absolute Gasteiger partial charge is 0.312 e. The molecule has 1 N–H and O–H groups in total. The fraction of sp³-hybridized carbons (Fsp3) is 0.538. The van der Waals surface area contributed by atoms with Crippen molar-refractivity contribution in [1.82, 2.24) is 10.2 Å². The van der Waals surface area contributed by atoms with E-state index < -0.39 is 0 Å². The van der Waals surface area contributed by atoms with Crippen LogP contribution in [0, 0.1) is 0 Å². The highest BCUT2D eigenvalue weighted by Gasteiger charge is 2.17. The van der Waals surface area contributed by atoms with Gasteiger partial charge < -0.3 is 10.2 Å². The van der Waals surface area contributed by atoms with Crippen molar-refractivity contribution in [3.8, 4) is 0 Å². The van der Waals surface area contributed by atoms with Crippen LogP contribution in [0.5, 0.6) is 0 Å². The fourth-order valence-corrected chi connectivity index (χ4v) is 2.27. The lowest BCUT2D eigenvalue weighted by Gasteiger charge is -2.23. The predicted octanol–water partition coefficient (Wildman–Crippen LogP) is 2.04. The first-order valence-electron chi connectivity index (χ1n) is 5.84. The third kappa shape index (κ3) is 2.80. The third-order valence-electron chi connectivity index (χ3n) is 3.19. The average molecular weight is 204 g/mol. The maximum atomic E-state index is 3.40. The second-order valence-corrected chi connectivity index (χ2v) is 4.26. The number of rotatable bonds is 4. The molecule has 1 atom stereocenters. The van der Waals surface area contributed by atoms with Gasteiger partial charge in [0.25, 0.3) is 0 Å². The normalized spacial score (nSPS) is 19.3. The second kappa shape index (κ2) is 5.29. The molecule has 0 amide bonds. The molecule has 1 heterocycles. The molecule has 0 saturated carbocycles. The van der Waals surface area contributed by atoms with E-state index in [0.717, 1.165) is 6.54 Å². The molecule has 0 aromatic heterocycles. The number of hydrogen-bond donors (Lipinski definition) is 1. The lowest BCUT2D eigenvalue weighted by Crippen LogP contribution is -2.31. The summed E-state index contributed by atoms with van der Waals surface area (Å²) < 4.78 is 0. The highest BCUT2D eigenvalue weighted by Crippen LogP contribution is 2.16. The minimum absolute atomic E-state index is 0.476. The van der Waals surface area contributed by atoms with E-state index >= 15 is 0 Å². The van der Waals surface area contributed by atoms with Crippen molar-refractivity contribution >= 4 is 0 Å². The molecule has 2 rings (SSSR count). The van der Waals surface area contributed by atoms with Crippen LogP contribution in [-0.2, 0) is 0 Å². The highest BCUT2D eigenvalue weighted by atomic mass is 15.2. The molecule has 0 spiro atoms. The van der Waals surface area contributed by atoms with Crippen LogP contribution in [0.1, 0.15) is 24.4 Å². The molecule has 1 saturated heterocycles. The van der Waals surface area contributed by atoms with E-state index in [1.54, 1.807) is 0 Å². The van der Waals surface area contributed by atoms with Gasteiger partial charge in [-0.1, -0.05) is 30.3 Å². The summed E-state index contributed by atoms with van der Waals surface area (Å²) in [7, 11) is 2.05. The molecule has 0 aliphatic carbocycles. The van der Waals surface area contributed by atoms with Crippen molar-refractivity contribution in [2.75, 3.05) is 26.7 Å². The van der Waals surface area contributed by atoms with Gasteiger partial charge in [0.1, 0.15) is 0 Å². The van der Waals surface area contributed by atoms with E-state index in [2.05, 4.69) is 40.5 Å². The zero-order chi connectivity index (χ0) is 10.5. The monoisotopic (exact) mass is 204 g/mol. The van der Waals surface area contributed by atoms with Crippen molar-refractivity contribution in [2.24, 2.45) is 0 Å². The maximum Gasteiger partial charge on any atom is 0.0446 e. The number of nitrogens with zero attached hydrogens (tertiary/aromatic N) is 1. The van der Waals surface area contributed by atoms with Gasteiger partial charge in [-0.25, -0.2) is 0 Å². The van der Waals surface area contributed by atoms with Crippen LogP contribution in [0.3, 0.4) is 0 Å². The number of nitrogens with one attached hydrogen (secondary N) is 1.